The molecule has 0 unspecified atom stereocenters. The van der Waals surface area contributed by atoms with Gasteiger partial charge in [-0.25, -0.2) is 4.79 Å². The van der Waals surface area contributed by atoms with Gasteiger partial charge in [0, 0.05) is 5.57 Å². The van der Waals surface area contributed by atoms with E-state index < -0.39 is 0 Å². The SMILES string of the molecule is [2H]C1=CCC=C(C(=O)OC)C1. The molecule has 0 aliphatic heterocycles. The Bertz CT molecular complexity index is 228. The van der Waals surface area contributed by atoms with E-state index >= 15 is 0 Å². The molecule has 0 aromatic carbocycles. The zero-order valence-electron chi connectivity index (χ0n) is 6.89. The lowest BCUT2D eigenvalue weighted by Crippen LogP contribution is -2.05. The molecule has 0 radical (unpaired) electrons. The van der Waals surface area contributed by atoms with Crippen LogP contribution in [0.5, 0.6) is 0 Å². The van der Waals surface area contributed by atoms with Gasteiger partial charge in [-0.1, -0.05) is 18.2 Å². The number of hydrogen-bond acceptors (Lipinski definition) is 2. The number of hydrogen-bond donors (Lipinski definition) is 0. The minimum Gasteiger partial charge on any atom is -0.466 e. The summed E-state index contributed by atoms with van der Waals surface area (Å²) < 4.78 is 11.8. The van der Waals surface area contributed by atoms with Crippen molar-refractivity contribution in [3.8, 4) is 0 Å². The van der Waals surface area contributed by atoms with Crippen LogP contribution in [-0.2, 0) is 9.53 Å². The molecular weight excluding hydrogens is 128 g/mol. The summed E-state index contributed by atoms with van der Waals surface area (Å²) in [7, 11) is 1.35. The molecule has 2 nitrogen and oxygen atoms in total. The molecule has 0 bridgehead atoms. The van der Waals surface area contributed by atoms with E-state index in [1.54, 1.807) is 12.2 Å². The topological polar surface area (TPSA) is 26.3 Å². The summed E-state index contributed by atoms with van der Waals surface area (Å²) in [6, 6.07) is 0.493. The Morgan fingerprint density at radius 1 is 1.90 bits per heavy atom. The number of allylic oxidation sites excluding steroid dienone is 3. The van der Waals surface area contributed by atoms with Crippen LogP contribution in [0.25, 0.3) is 0 Å². The summed E-state index contributed by atoms with van der Waals surface area (Å²) >= 11 is 0. The van der Waals surface area contributed by atoms with Crippen LogP contribution in [0.4, 0.5) is 0 Å². The summed E-state index contributed by atoms with van der Waals surface area (Å²) in [5, 5.41) is 0. The Balaban J connectivity index is 2.62. The number of rotatable bonds is 1. The number of carbonyl (C=O) groups excluding carboxylic acids is 1. The van der Waals surface area contributed by atoms with Crippen molar-refractivity contribution in [1.82, 2.24) is 0 Å². The molecule has 0 atom stereocenters. The minimum atomic E-state index is -0.317. The van der Waals surface area contributed by atoms with Crippen LogP contribution < -0.4 is 0 Å². The van der Waals surface area contributed by atoms with Gasteiger partial charge in [-0.05, 0) is 12.8 Å². The van der Waals surface area contributed by atoms with E-state index in [1.807, 2.05) is 0 Å². The van der Waals surface area contributed by atoms with Gasteiger partial charge in [-0.15, -0.1) is 0 Å². The van der Waals surface area contributed by atoms with Gasteiger partial charge in [0.25, 0.3) is 0 Å². The lowest BCUT2D eigenvalue weighted by Gasteiger charge is -2.04. The highest BCUT2D eigenvalue weighted by Crippen LogP contribution is 2.11. The molecule has 10 heavy (non-hydrogen) atoms. The van der Waals surface area contributed by atoms with E-state index in [1.165, 1.54) is 7.11 Å². The van der Waals surface area contributed by atoms with Gasteiger partial charge >= 0.3 is 5.97 Å². The van der Waals surface area contributed by atoms with Crippen LogP contribution in [0.15, 0.2) is 23.8 Å². The predicted molar refractivity (Wildman–Crippen MR) is 38.5 cm³/mol. The highest BCUT2D eigenvalue weighted by Gasteiger charge is 2.07. The summed E-state index contributed by atoms with van der Waals surface area (Å²) in [6.45, 7) is 0. The molecule has 0 aromatic heterocycles. The maximum Gasteiger partial charge on any atom is 0.333 e. The van der Waals surface area contributed by atoms with Crippen molar-refractivity contribution in [3.63, 3.8) is 0 Å². The summed E-state index contributed by atoms with van der Waals surface area (Å²) in [5.41, 5.74) is 0.597. The number of esters is 1. The Kier molecular flexibility index (Phi) is 1.83. The largest absolute Gasteiger partial charge is 0.466 e. The van der Waals surface area contributed by atoms with Crippen LogP contribution >= 0.6 is 0 Å². The molecule has 1 rings (SSSR count). The van der Waals surface area contributed by atoms with E-state index in [2.05, 4.69) is 4.74 Å². The zero-order chi connectivity index (χ0) is 8.27. The first kappa shape index (κ1) is 5.71. The molecule has 54 valence electrons. The van der Waals surface area contributed by atoms with Gasteiger partial charge in [0.05, 0.1) is 8.48 Å². The summed E-state index contributed by atoms with van der Waals surface area (Å²) in [6.07, 6.45) is 4.66. The maximum absolute atomic E-state index is 10.9. The zero-order valence-corrected chi connectivity index (χ0v) is 5.89. The van der Waals surface area contributed by atoms with Gasteiger partial charge in [0.2, 0.25) is 0 Å². The van der Waals surface area contributed by atoms with Crippen molar-refractivity contribution < 1.29 is 10.9 Å². The summed E-state index contributed by atoms with van der Waals surface area (Å²) in [4.78, 5) is 10.9. The molecule has 0 N–H and O–H groups in total. The fraction of sp³-hybridized carbons (Fsp3) is 0.375. The second kappa shape index (κ2) is 3.20. The number of carbonyl (C=O) groups is 1. The first-order valence-electron chi connectivity index (χ1n) is 3.67. The normalized spacial score (nSPS) is 18.7. The van der Waals surface area contributed by atoms with Gasteiger partial charge in [-0.3, -0.25) is 0 Å². The molecule has 0 saturated heterocycles. The molecule has 0 spiro atoms. The average Bonchev–Trinajstić information content (AvgIpc) is 2.03. The molecule has 0 heterocycles. The molecule has 0 fully saturated rings. The third-order valence-electron chi connectivity index (χ3n) is 1.37. The first-order chi connectivity index (χ1) is 5.24. The monoisotopic (exact) mass is 139 g/mol. The molecular formula is C8H10O2. The quantitative estimate of drug-likeness (QED) is 0.406. The Labute approximate surface area is 61.6 Å². The van der Waals surface area contributed by atoms with Gasteiger partial charge in [0.15, 0.2) is 0 Å². The van der Waals surface area contributed by atoms with E-state index in [0.717, 1.165) is 0 Å². The molecule has 1 aliphatic rings. The Morgan fingerprint density at radius 3 is 3.30 bits per heavy atom. The lowest BCUT2D eigenvalue weighted by molar-refractivity contribution is -0.136. The van der Waals surface area contributed by atoms with Crippen LogP contribution in [0.3, 0.4) is 0 Å². The number of methoxy groups -OCH3 is 1. The van der Waals surface area contributed by atoms with Crippen LogP contribution in [0.2, 0.25) is 0 Å². The third kappa shape index (κ3) is 1.47. The van der Waals surface area contributed by atoms with E-state index in [4.69, 9.17) is 1.37 Å². The highest BCUT2D eigenvalue weighted by atomic mass is 16.5. The minimum absolute atomic E-state index is 0.317. The van der Waals surface area contributed by atoms with Gasteiger partial charge in [0.1, 0.15) is 0 Å². The molecule has 0 amide bonds. The Hall–Kier alpha value is -1.05. The second-order valence-electron chi connectivity index (χ2n) is 2.04. The third-order valence-corrected chi connectivity index (χ3v) is 1.37. The van der Waals surface area contributed by atoms with Crippen molar-refractivity contribution in [3.05, 3.63) is 23.8 Å². The van der Waals surface area contributed by atoms with Crippen molar-refractivity contribution in [2.24, 2.45) is 0 Å². The highest BCUT2D eigenvalue weighted by molar-refractivity contribution is 5.88. The van der Waals surface area contributed by atoms with E-state index in [9.17, 15) is 4.79 Å². The molecule has 0 saturated carbocycles. The van der Waals surface area contributed by atoms with Crippen molar-refractivity contribution in [1.29, 1.82) is 0 Å². The van der Waals surface area contributed by atoms with Crippen LogP contribution in [0.1, 0.15) is 14.2 Å². The van der Waals surface area contributed by atoms with Crippen LogP contribution in [-0.4, -0.2) is 13.1 Å². The standard InChI is InChI=1S/C8H10O2/c1-10-8(9)7-5-3-2-4-6-7/h2-3,6H,4-5H2,1H3/i3D. The Morgan fingerprint density at radius 2 is 2.70 bits per heavy atom. The van der Waals surface area contributed by atoms with Gasteiger partial charge < -0.3 is 4.74 Å². The maximum atomic E-state index is 10.9. The van der Waals surface area contributed by atoms with E-state index in [-0.39, 0.29) is 5.97 Å². The van der Waals surface area contributed by atoms with Gasteiger partial charge in [-0.2, -0.15) is 0 Å². The van der Waals surface area contributed by atoms with Crippen molar-refractivity contribution >= 4 is 5.97 Å². The summed E-state index contributed by atoms with van der Waals surface area (Å²) in [5.74, 6) is -0.317. The lowest BCUT2D eigenvalue weighted by atomic mass is 10.1. The van der Waals surface area contributed by atoms with Crippen molar-refractivity contribution in [2.75, 3.05) is 7.11 Å². The predicted octanol–water partition coefficient (Wildman–Crippen LogP) is 1.44. The fourth-order valence-electron chi connectivity index (χ4n) is 0.825. The number of ether oxygens (including phenoxy) is 1. The van der Waals surface area contributed by atoms with E-state index in [0.29, 0.717) is 24.5 Å². The first-order valence-corrected chi connectivity index (χ1v) is 3.17. The fourth-order valence-corrected chi connectivity index (χ4v) is 0.825. The second-order valence-corrected chi connectivity index (χ2v) is 2.04. The molecule has 1 aliphatic carbocycles. The van der Waals surface area contributed by atoms with Crippen molar-refractivity contribution in [2.45, 2.75) is 12.8 Å². The molecule has 0 aromatic rings. The average molecular weight is 139 g/mol. The van der Waals surface area contributed by atoms with Crippen LogP contribution in [0, 0.1) is 0 Å². The molecule has 2 heteroatoms. The smallest absolute Gasteiger partial charge is 0.333 e.